The lowest BCUT2D eigenvalue weighted by Crippen LogP contribution is -2.28. The van der Waals surface area contributed by atoms with Crippen LogP contribution in [0.4, 0.5) is 0 Å². The molecule has 5 heteroatoms. The highest BCUT2D eigenvalue weighted by Gasteiger charge is 2.36. The summed E-state index contributed by atoms with van der Waals surface area (Å²) in [6.07, 6.45) is -0.528. The molecule has 0 bridgehead atoms. The lowest BCUT2D eigenvalue weighted by Gasteiger charge is -2.27. The average Bonchev–Trinajstić information content (AvgIpc) is 3.86. The van der Waals surface area contributed by atoms with Gasteiger partial charge in [-0.25, -0.2) is 0 Å². The van der Waals surface area contributed by atoms with Gasteiger partial charge in [0.25, 0.3) is 0 Å². The van der Waals surface area contributed by atoms with E-state index in [0.717, 1.165) is 61.0 Å². The smallest absolute Gasteiger partial charge is 0.149 e. The Kier molecular flexibility index (Phi) is 6.66. The van der Waals surface area contributed by atoms with Crippen molar-refractivity contribution in [3.63, 3.8) is 0 Å². The van der Waals surface area contributed by atoms with Crippen LogP contribution in [0.3, 0.4) is 0 Å². The number of aromatic nitrogens is 1. The lowest BCUT2D eigenvalue weighted by molar-refractivity contribution is 0.623. The van der Waals surface area contributed by atoms with E-state index in [2.05, 4.69) is 115 Å². The van der Waals surface area contributed by atoms with E-state index >= 15 is 0 Å². The van der Waals surface area contributed by atoms with E-state index in [4.69, 9.17) is 9.41 Å². The van der Waals surface area contributed by atoms with Crippen molar-refractivity contribution in [2.24, 2.45) is 4.99 Å². The van der Waals surface area contributed by atoms with E-state index in [1.54, 1.807) is 0 Å². The number of benzene rings is 7. The second-order valence-electron chi connectivity index (χ2n) is 15.0. The molecule has 1 N–H and O–H groups in total. The van der Waals surface area contributed by atoms with Gasteiger partial charge >= 0.3 is 0 Å². The monoisotopic (exact) mass is 706 g/mol. The number of aliphatic imine (C=N–C) groups is 1. The van der Waals surface area contributed by atoms with Crippen molar-refractivity contribution in [1.82, 2.24) is 9.88 Å². The summed E-state index contributed by atoms with van der Waals surface area (Å²) in [5.41, 5.74) is 14.7. The Hall–Kier alpha value is -7.16. The van der Waals surface area contributed by atoms with E-state index < -0.39 is 6.17 Å². The first kappa shape index (κ1) is 31.4. The fraction of sp³-hybridized carbons (Fsp3) is 0.0800. The fourth-order valence-corrected chi connectivity index (χ4v) is 9.11. The number of hydrogen-bond acceptors (Lipinski definition) is 4. The van der Waals surface area contributed by atoms with Crippen LogP contribution in [-0.2, 0) is 5.41 Å². The molecule has 1 unspecified atom stereocenters. The highest BCUT2D eigenvalue weighted by atomic mass is 16.3. The minimum absolute atomic E-state index is 0.108. The fourth-order valence-electron chi connectivity index (χ4n) is 9.11. The third kappa shape index (κ3) is 4.49. The zero-order chi connectivity index (χ0) is 36.8. The predicted molar refractivity (Wildman–Crippen MR) is 223 cm³/mol. The van der Waals surface area contributed by atoms with Gasteiger partial charge < -0.3 is 14.3 Å². The maximum Gasteiger partial charge on any atom is 0.149 e. The molecule has 260 valence electrons. The summed E-state index contributed by atoms with van der Waals surface area (Å²) in [5, 5.41) is 18.8. The van der Waals surface area contributed by atoms with Gasteiger partial charge in [0.05, 0.1) is 33.5 Å². The Labute approximate surface area is 318 Å². The number of nitrogens with zero attached hydrogens (tertiary/aromatic N) is 3. The number of nitrogens with one attached hydrogen (secondary N) is 1. The van der Waals surface area contributed by atoms with Crippen molar-refractivity contribution in [3.05, 3.63) is 191 Å². The van der Waals surface area contributed by atoms with Crippen LogP contribution in [0.1, 0.15) is 47.8 Å². The van der Waals surface area contributed by atoms with Crippen molar-refractivity contribution < 1.29 is 4.42 Å². The molecule has 9 aromatic rings. The largest absolute Gasteiger partial charge is 0.456 e. The molecule has 0 amide bonds. The van der Waals surface area contributed by atoms with E-state index in [-0.39, 0.29) is 5.41 Å². The van der Waals surface area contributed by atoms with Gasteiger partial charge in [-0.2, -0.15) is 5.26 Å². The van der Waals surface area contributed by atoms with Crippen LogP contribution in [0.15, 0.2) is 173 Å². The van der Waals surface area contributed by atoms with Crippen molar-refractivity contribution in [3.8, 4) is 22.9 Å². The van der Waals surface area contributed by atoms with Gasteiger partial charge in [-0.15, -0.1) is 0 Å². The molecule has 0 spiro atoms. The maximum atomic E-state index is 10.6. The first-order valence-corrected chi connectivity index (χ1v) is 18.7. The second-order valence-corrected chi connectivity index (χ2v) is 15.0. The van der Waals surface area contributed by atoms with Crippen LogP contribution < -0.4 is 5.32 Å². The van der Waals surface area contributed by atoms with E-state index in [9.17, 15) is 5.26 Å². The average molecular weight is 707 g/mol. The molecule has 2 aliphatic rings. The van der Waals surface area contributed by atoms with E-state index in [1.807, 2.05) is 72.8 Å². The molecule has 55 heavy (non-hydrogen) atoms. The zero-order valence-corrected chi connectivity index (χ0v) is 30.3. The van der Waals surface area contributed by atoms with Gasteiger partial charge in [0.15, 0.2) is 0 Å². The molecule has 0 saturated heterocycles. The summed E-state index contributed by atoms with van der Waals surface area (Å²) in [5.74, 6) is 0. The first-order chi connectivity index (χ1) is 27.0. The number of para-hydroxylation sites is 2. The SMILES string of the molecule is CC1(C)c2ccccc2-c2cc3c(cc21)c1ccccc1n3-c1ccc(C2N=C(c3ccccc3)C(C#N)=C(c3ccccc3)N2)c2oc3ccccc3c12. The van der Waals surface area contributed by atoms with Gasteiger partial charge in [0, 0.05) is 32.7 Å². The molecule has 7 aromatic carbocycles. The first-order valence-electron chi connectivity index (χ1n) is 18.7. The number of furan rings is 1. The molecule has 1 aliphatic heterocycles. The van der Waals surface area contributed by atoms with Crippen LogP contribution in [0.25, 0.3) is 66.3 Å². The van der Waals surface area contributed by atoms with Crippen molar-refractivity contribution in [2.75, 3.05) is 0 Å². The topological polar surface area (TPSA) is 66.2 Å². The summed E-state index contributed by atoms with van der Waals surface area (Å²) in [4.78, 5) is 5.30. The molecule has 0 saturated carbocycles. The molecule has 1 atom stereocenters. The Morgan fingerprint density at radius 2 is 1.35 bits per heavy atom. The van der Waals surface area contributed by atoms with Crippen molar-refractivity contribution >= 4 is 55.2 Å². The molecule has 0 radical (unpaired) electrons. The number of hydrogen-bond donors (Lipinski definition) is 1. The molecule has 0 fully saturated rings. The summed E-state index contributed by atoms with van der Waals surface area (Å²) in [6.45, 7) is 4.68. The van der Waals surface area contributed by atoms with Crippen molar-refractivity contribution in [2.45, 2.75) is 25.4 Å². The Balaban J connectivity index is 1.19. The normalized spacial score (nSPS) is 15.9. The zero-order valence-electron chi connectivity index (χ0n) is 30.3. The van der Waals surface area contributed by atoms with Crippen LogP contribution in [0.2, 0.25) is 0 Å². The van der Waals surface area contributed by atoms with Gasteiger partial charge in [-0.05, 0) is 64.2 Å². The van der Waals surface area contributed by atoms with Crippen molar-refractivity contribution in [1.29, 1.82) is 5.26 Å². The molecule has 1 aliphatic carbocycles. The molecular weight excluding hydrogens is 673 g/mol. The third-order valence-electron chi connectivity index (χ3n) is 11.7. The minimum atomic E-state index is -0.528. The number of rotatable bonds is 4. The van der Waals surface area contributed by atoms with Crippen LogP contribution in [0.5, 0.6) is 0 Å². The highest BCUT2D eigenvalue weighted by Crippen LogP contribution is 2.51. The number of fused-ring (bicyclic) bond motifs is 9. The summed E-state index contributed by atoms with van der Waals surface area (Å²) in [6, 6.07) is 57.5. The number of nitriles is 1. The molecule has 11 rings (SSSR count). The summed E-state index contributed by atoms with van der Waals surface area (Å²) >= 11 is 0. The van der Waals surface area contributed by atoms with Gasteiger partial charge in [-0.1, -0.05) is 135 Å². The highest BCUT2D eigenvalue weighted by molar-refractivity contribution is 6.20. The molecule has 3 heterocycles. The molecular formula is C50H34N4O. The van der Waals surface area contributed by atoms with Gasteiger partial charge in [-0.3, -0.25) is 4.99 Å². The Morgan fingerprint density at radius 3 is 2.15 bits per heavy atom. The second kappa shape index (κ2) is 11.7. The summed E-state index contributed by atoms with van der Waals surface area (Å²) < 4.78 is 9.30. The minimum Gasteiger partial charge on any atom is -0.456 e. The van der Waals surface area contributed by atoms with E-state index in [1.165, 1.54) is 33.0 Å². The molecule has 5 nitrogen and oxygen atoms in total. The van der Waals surface area contributed by atoms with Crippen LogP contribution in [-0.4, -0.2) is 10.3 Å². The Morgan fingerprint density at radius 1 is 0.655 bits per heavy atom. The Bertz CT molecular complexity index is 3160. The van der Waals surface area contributed by atoms with Gasteiger partial charge in [0.1, 0.15) is 29.0 Å². The number of allylic oxidation sites excluding steroid dienone is 1. The quantitative estimate of drug-likeness (QED) is 0.198. The van der Waals surface area contributed by atoms with Crippen LogP contribution >= 0.6 is 0 Å². The summed E-state index contributed by atoms with van der Waals surface area (Å²) in [7, 11) is 0. The molecule has 2 aromatic heterocycles. The third-order valence-corrected chi connectivity index (χ3v) is 11.7. The standard InChI is InChI=1S/C50H34N4O/c1-50(2)39-22-12-9-19-32(39)36-28-43-37(27-40(36)50)33-20-10-13-23-41(33)54(43)42-26-25-35(48-45(42)34-21-11-14-24-44(34)55-48)49-52-46(30-15-5-3-6-16-30)38(29-51)47(53-49)31-17-7-4-8-18-31/h3-28,49,52H,1-2H3. The van der Waals surface area contributed by atoms with E-state index in [0.29, 0.717) is 11.3 Å². The lowest BCUT2D eigenvalue weighted by atomic mass is 9.82. The maximum absolute atomic E-state index is 10.6. The van der Waals surface area contributed by atoms with Crippen LogP contribution in [0, 0.1) is 11.3 Å². The van der Waals surface area contributed by atoms with Gasteiger partial charge in [0.2, 0.25) is 0 Å². The predicted octanol–water partition coefficient (Wildman–Crippen LogP) is 12.0.